The Hall–Kier alpha value is -4.20. The van der Waals surface area contributed by atoms with Crippen molar-refractivity contribution in [3.05, 3.63) is 66.6 Å². The van der Waals surface area contributed by atoms with Gasteiger partial charge >= 0.3 is 0 Å². The number of carbonyl (C=O) groups is 1. The van der Waals surface area contributed by atoms with Crippen LogP contribution in [-0.2, 0) is 0 Å². The number of benzene rings is 2. The number of hydrogen-bond donors (Lipinski definition) is 4. The molecule has 0 aliphatic heterocycles. The van der Waals surface area contributed by atoms with E-state index in [1.54, 1.807) is 12.4 Å². The van der Waals surface area contributed by atoms with E-state index >= 15 is 0 Å². The lowest BCUT2D eigenvalue weighted by Crippen LogP contribution is -2.30. The van der Waals surface area contributed by atoms with Gasteiger partial charge in [0.05, 0.1) is 11.7 Å². The van der Waals surface area contributed by atoms with Crippen LogP contribution in [-0.4, -0.2) is 37.1 Å². The first-order valence-electron chi connectivity index (χ1n) is 10.0. The van der Waals surface area contributed by atoms with Crippen molar-refractivity contribution in [2.24, 2.45) is 0 Å². The second-order valence-electron chi connectivity index (χ2n) is 7.68. The summed E-state index contributed by atoms with van der Waals surface area (Å²) in [7, 11) is 0. The molecule has 8 nitrogen and oxygen atoms in total. The Morgan fingerprint density at radius 3 is 2.74 bits per heavy atom. The molecule has 0 spiro atoms. The zero-order valence-corrected chi connectivity index (χ0v) is 17.1. The molecule has 0 atom stereocenters. The summed E-state index contributed by atoms with van der Waals surface area (Å²) in [6.45, 7) is 3.87. The Bertz CT molecular complexity index is 1400. The van der Waals surface area contributed by atoms with Gasteiger partial charge in [0.1, 0.15) is 11.5 Å². The van der Waals surface area contributed by atoms with Crippen LogP contribution in [0.1, 0.15) is 24.3 Å². The number of fused-ring (bicyclic) bond motifs is 2. The van der Waals surface area contributed by atoms with Crippen molar-refractivity contribution in [3.8, 4) is 11.4 Å². The van der Waals surface area contributed by atoms with E-state index in [-0.39, 0.29) is 11.9 Å². The maximum Gasteiger partial charge on any atom is 0.267 e. The summed E-state index contributed by atoms with van der Waals surface area (Å²) in [6, 6.07) is 15.6. The van der Waals surface area contributed by atoms with E-state index in [0.29, 0.717) is 17.3 Å². The number of anilines is 2. The second-order valence-corrected chi connectivity index (χ2v) is 7.68. The van der Waals surface area contributed by atoms with Crippen LogP contribution < -0.4 is 10.6 Å². The molecule has 2 aromatic carbocycles. The van der Waals surface area contributed by atoms with Gasteiger partial charge in [-0.2, -0.15) is 5.10 Å². The fourth-order valence-corrected chi connectivity index (χ4v) is 3.46. The third kappa shape index (κ3) is 3.83. The van der Waals surface area contributed by atoms with Crippen LogP contribution in [0, 0.1) is 0 Å². The molecule has 5 aromatic rings. The molecule has 3 aromatic heterocycles. The molecule has 0 saturated carbocycles. The van der Waals surface area contributed by atoms with Gasteiger partial charge in [-0.15, -0.1) is 0 Å². The molecule has 4 N–H and O–H groups in total. The monoisotopic (exact) mass is 411 g/mol. The Balaban J connectivity index is 1.42. The average molecular weight is 411 g/mol. The Labute approximate surface area is 178 Å². The maximum atomic E-state index is 12.3. The first-order chi connectivity index (χ1) is 15.0. The summed E-state index contributed by atoms with van der Waals surface area (Å²) < 4.78 is 0. The molecule has 8 heteroatoms. The third-order valence-electron chi connectivity index (χ3n) is 4.91. The number of nitrogens with zero attached hydrogens (tertiary/aromatic N) is 3. The van der Waals surface area contributed by atoms with Crippen LogP contribution in [0.15, 0.2) is 60.9 Å². The standard InChI is InChI=1S/C23H21N7O/c1-13(2)26-23(31)20-9-14-3-4-15(10-18(14)28-20)22-24-8-7-21(29-22)27-17-6-5-16-12-25-30-19(16)11-17/h3-13,28H,1-2H3,(H,25,30)(H,26,31)(H,24,27,29). The van der Waals surface area contributed by atoms with Crippen molar-refractivity contribution >= 4 is 39.2 Å². The zero-order chi connectivity index (χ0) is 21.4. The van der Waals surface area contributed by atoms with E-state index in [1.807, 2.05) is 62.4 Å². The molecular weight excluding hydrogens is 390 g/mol. The van der Waals surface area contributed by atoms with Crippen LogP contribution in [0.3, 0.4) is 0 Å². The van der Waals surface area contributed by atoms with Gasteiger partial charge in [0.15, 0.2) is 5.82 Å². The van der Waals surface area contributed by atoms with Gasteiger partial charge in [-0.1, -0.05) is 12.1 Å². The van der Waals surface area contributed by atoms with Gasteiger partial charge < -0.3 is 15.6 Å². The minimum Gasteiger partial charge on any atom is -0.351 e. The van der Waals surface area contributed by atoms with Crippen LogP contribution >= 0.6 is 0 Å². The van der Waals surface area contributed by atoms with E-state index in [9.17, 15) is 4.79 Å². The lowest BCUT2D eigenvalue weighted by atomic mass is 10.1. The van der Waals surface area contributed by atoms with E-state index in [1.165, 1.54) is 0 Å². The lowest BCUT2D eigenvalue weighted by molar-refractivity contribution is 0.0939. The Morgan fingerprint density at radius 1 is 1.00 bits per heavy atom. The summed E-state index contributed by atoms with van der Waals surface area (Å²) >= 11 is 0. The summed E-state index contributed by atoms with van der Waals surface area (Å²) in [5.74, 6) is 1.16. The summed E-state index contributed by atoms with van der Waals surface area (Å²) in [6.07, 6.45) is 3.51. The maximum absolute atomic E-state index is 12.3. The lowest BCUT2D eigenvalue weighted by Gasteiger charge is -2.07. The first-order valence-corrected chi connectivity index (χ1v) is 10.0. The van der Waals surface area contributed by atoms with Gasteiger partial charge in [0.25, 0.3) is 5.91 Å². The largest absolute Gasteiger partial charge is 0.351 e. The topological polar surface area (TPSA) is 111 Å². The molecule has 0 unspecified atom stereocenters. The summed E-state index contributed by atoms with van der Waals surface area (Å²) in [4.78, 5) is 24.5. The molecule has 3 heterocycles. The second kappa shape index (κ2) is 7.56. The molecule has 5 rings (SSSR count). The highest BCUT2D eigenvalue weighted by Gasteiger charge is 2.12. The summed E-state index contributed by atoms with van der Waals surface area (Å²) in [5, 5.41) is 15.2. The minimum atomic E-state index is -0.121. The molecule has 0 bridgehead atoms. The van der Waals surface area contributed by atoms with Crippen molar-refractivity contribution in [2.45, 2.75) is 19.9 Å². The Morgan fingerprint density at radius 2 is 1.87 bits per heavy atom. The highest BCUT2D eigenvalue weighted by Crippen LogP contribution is 2.25. The van der Waals surface area contributed by atoms with Crippen molar-refractivity contribution in [1.29, 1.82) is 0 Å². The van der Waals surface area contributed by atoms with Gasteiger partial charge in [-0.3, -0.25) is 9.89 Å². The predicted octanol–water partition coefficient (Wildman–Crippen LogP) is 4.38. The normalized spacial score (nSPS) is 11.3. The van der Waals surface area contributed by atoms with Crippen LogP contribution in [0.5, 0.6) is 0 Å². The predicted molar refractivity (Wildman–Crippen MR) is 121 cm³/mol. The van der Waals surface area contributed by atoms with Crippen LogP contribution in [0.4, 0.5) is 11.5 Å². The van der Waals surface area contributed by atoms with E-state index in [4.69, 9.17) is 0 Å². The number of nitrogens with one attached hydrogen (secondary N) is 4. The van der Waals surface area contributed by atoms with Gasteiger partial charge in [-0.05, 0) is 50.2 Å². The quantitative estimate of drug-likeness (QED) is 0.343. The number of aromatic amines is 2. The highest BCUT2D eigenvalue weighted by molar-refractivity contribution is 5.98. The van der Waals surface area contributed by atoms with Crippen molar-refractivity contribution in [1.82, 2.24) is 30.5 Å². The van der Waals surface area contributed by atoms with Gasteiger partial charge in [-0.25, -0.2) is 9.97 Å². The van der Waals surface area contributed by atoms with Gasteiger partial charge in [0, 0.05) is 39.8 Å². The Kier molecular flexibility index (Phi) is 4.59. The molecule has 154 valence electrons. The molecule has 0 aliphatic rings. The number of aromatic nitrogens is 5. The molecule has 0 saturated heterocycles. The average Bonchev–Trinajstić information content (AvgIpc) is 3.39. The number of rotatable bonds is 5. The van der Waals surface area contributed by atoms with Crippen molar-refractivity contribution < 1.29 is 4.79 Å². The molecule has 0 radical (unpaired) electrons. The number of hydrogen-bond acceptors (Lipinski definition) is 5. The number of H-pyrrole nitrogens is 2. The third-order valence-corrected chi connectivity index (χ3v) is 4.91. The van der Waals surface area contributed by atoms with Crippen LogP contribution in [0.25, 0.3) is 33.2 Å². The van der Waals surface area contributed by atoms with Crippen molar-refractivity contribution in [3.63, 3.8) is 0 Å². The highest BCUT2D eigenvalue weighted by atomic mass is 16.1. The fourth-order valence-electron chi connectivity index (χ4n) is 3.46. The van der Waals surface area contributed by atoms with E-state index in [2.05, 4.69) is 35.8 Å². The van der Waals surface area contributed by atoms with Crippen molar-refractivity contribution in [2.75, 3.05) is 5.32 Å². The number of carbonyl (C=O) groups excluding carboxylic acids is 1. The SMILES string of the molecule is CC(C)NC(=O)c1cc2ccc(-c3nccc(Nc4ccc5cn[nH]c5c4)n3)cc2[nH]1. The molecular formula is C23H21N7O. The molecule has 31 heavy (non-hydrogen) atoms. The molecule has 1 amide bonds. The molecule has 0 aliphatic carbocycles. The zero-order valence-electron chi connectivity index (χ0n) is 17.1. The van der Waals surface area contributed by atoms with E-state index in [0.717, 1.165) is 33.1 Å². The fraction of sp³-hybridized carbons (Fsp3) is 0.130. The molecule has 0 fully saturated rings. The first kappa shape index (κ1) is 18.8. The minimum absolute atomic E-state index is 0.0760. The van der Waals surface area contributed by atoms with Crippen LogP contribution in [0.2, 0.25) is 0 Å². The van der Waals surface area contributed by atoms with Gasteiger partial charge in [0.2, 0.25) is 0 Å². The number of amides is 1. The summed E-state index contributed by atoms with van der Waals surface area (Å²) in [5.41, 5.74) is 4.11. The van der Waals surface area contributed by atoms with E-state index < -0.39 is 0 Å². The smallest absolute Gasteiger partial charge is 0.267 e.